The SMILES string of the molecule is OCCN1C(=S)N[C@H](c2ccccn2)[C@@H]1c1cccn1-c1ccncc1. The van der Waals surface area contributed by atoms with Crippen molar-refractivity contribution in [2.24, 2.45) is 0 Å². The Morgan fingerprint density at radius 2 is 1.92 bits per heavy atom. The standard InChI is InChI=1S/C19H19N5OS/c25-13-12-24-18(17(22-19(24)26)15-4-1-2-8-21-15)16-5-3-11-23(16)14-6-9-20-10-7-14/h1-11,17-18,25H,12-13H2,(H,22,26)/t17-,18+/m1/s1. The third-order valence-electron chi connectivity index (χ3n) is 4.56. The summed E-state index contributed by atoms with van der Waals surface area (Å²) < 4.78 is 2.13. The molecule has 0 bridgehead atoms. The molecule has 1 aliphatic rings. The maximum Gasteiger partial charge on any atom is 0.170 e. The van der Waals surface area contributed by atoms with Crippen LogP contribution in [0, 0.1) is 0 Å². The zero-order valence-electron chi connectivity index (χ0n) is 14.1. The molecule has 132 valence electrons. The molecule has 0 saturated carbocycles. The Morgan fingerprint density at radius 3 is 2.65 bits per heavy atom. The van der Waals surface area contributed by atoms with E-state index < -0.39 is 0 Å². The zero-order chi connectivity index (χ0) is 17.9. The van der Waals surface area contributed by atoms with Crippen LogP contribution < -0.4 is 5.32 Å². The monoisotopic (exact) mass is 365 g/mol. The minimum absolute atomic E-state index is 0.0310. The fourth-order valence-corrected chi connectivity index (χ4v) is 3.78. The number of pyridine rings is 2. The largest absolute Gasteiger partial charge is 0.395 e. The number of rotatable bonds is 5. The summed E-state index contributed by atoms with van der Waals surface area (Å²) in [5, 5.41) is 13.6. The van der Waals surface area contributed by atoms with Crippen molar-refractivity contribution < 1.29 is 5.11 Å². The van der Waals surface area contributed by atoms with Crippen LogP contribution in [-0.4, -0.2) is 42.8 Å². The van der Waals surface area contributed by atoms with E-state index in [0.717, 1.165) is 17.1 Å². The number of β-amino-alcohol motifs (C(OH)–C–C–N with tert-alkyl or cyclic N) is 1. The molecule has 0 aliphatic carbocycles. The second kappa shape index (κ2) is 7.23. The molecular formula is C19H19N5OS. The molecule has 4 heterocycles. The summed E-state index contributed by atoms with van der Waals surface area (Å²) in [4.78, 5) is 10.7. The Bertz CT molecular complexity index is 883. The van der Waals surface area contributed by atoms with Gasteiger partial charge in [0.1, 0.15) is 0 Å². The van der Waals surface area contributed by atoms with Gasteiger partial charge >= 0.3 is 0 Å². The molecule has 0 unspecified atom stereocenters. The topological polar surface area (TPSA) is 66.2 Å². The van der Waals surface area contributed by atoms with Gasteiger partial charge in [0.05, 0.1) is 24.4 Å². The van der Waals surface area contributed by atoms with E-state index in [1.165, 1.54) is 0 Å². The summed E-state index contributed by atoms with van der Waals surface area (Å²) in [5.74, 6) is 0. The van der Waals surface area contributed by atoms with Crippen molar-refractivity contribution in [3.63, 3.8) is 0 Å². The number of nitrogens with zero attached hydrogens (tertiary/aromatic N) is 4. The molecule has 26 heavy (non-hydrogen) atoms. The van der Waals surface area contributed by atoms with E-state index in [4.69, 9.17) is 12.2 Å². The third kappa shape index (κ3) is 2.95. The van der Waals surface area contributed by atoms with Gasteiger partial charge in [0, 0.05) is 42.7 Å². The first-order valence-corrected chi connectivity index (χ1v) is 8.87. The second-order valence-electron chi connectivity index (χ2n) is 6.05. The average Bonchev–Trinajstić information content (AvgIpc) is 3.28. The molecule has 3 aromatic rings. The smallest absolute Gasteiger partial charge is 0.170 e. The Balaban J connectivity index is 1.81. The van der Waals surface area contributed by atoms with Gasteiger partial charge in [-0.1, -0.05) is 6.07 Å². The second-order valence-corrected chi connectivity index (χ2v) is 6.44. The van der Waals surface area contributed by atoms with Crippen LogP contribution in [-0.2, 0) is 0 Å². The fraction of sp³-hybridized carbons (Fsp3) is 0.211. The molecule has 1 aliphatic heterocycles. The normalized spacial score (nSPS) is 19.6. The van der Waals surface area contributed by atoms with Gasteiger partial charge in [0.2, 0.25) is 0 Å². The summed E-state index contributed by atoms with van der Waals surface area (Å²) in [5.41, 5.74) is 3.02. The molecule has 6 nitrogen and oxygen atoms in total. The molecule has 1 fully saturated rings. The summed E-state index contributed by atoms with van der Waals surface area (Å²) >= 11 is 5.55. The number of hydrogen-bond acceptors (Lipinski definition) is 4. The first kappa shape index (κ1) is 16.7. The molecular weight excluding hydrogens is 346 g/mol. The van der Waals surface area contributed by atoms with Gasteiger partial charge < -0.3 is 19.9 Å². The van der Waals surface area contributed by atoms with Gasteiger partial charge in [-0.25, -0.2) is 0 Å². The van der Waals surface area contributed by atoms with Crippen LogP contribution in [0.1, 0.15) is 23.5 Å². The molecule has 2 atom stereocenters. The van der Waals surface area contributed by atoms with Gasteiger partial charge in [-0.3, -0.25) is 9.97 Å². The Hall–Kier alpha value is -2.77. The molecule has 0 spiro atoms. The lowest BCUT2D eigenvalue weighted by Gasteiger charge is -2.28. The number of nitrogens with one attached hydrogen (secondary N) is 1. The van der Waals surface area contributed by atoms with Crippen LogP contribution in [0.5, 0.6) is 0 Å². The Morgan fingerprint density at radius 1 is 1.08 bits per heavy atom. The van der Waals surface area contributed by atoms with Crippen molar-refractivity contribution in [3.8, 4) is 5.69 Å². The molecule has 7 heteroatoms. The van der Waals surface area contributed by atoms with Crippen molar-refractivity contribution in [3.05, 3.63) is 78.6 Å². The first-order chi connectivity index (χ1) is 12.8. The average molecular weight is 365 g/mol. The lowest BCUT2D eigenvalue weighted by molar-refractivity contribution is 0.220. The highest BCUT2D eigenvalue weighted by Crippen LogP contribution is 2.39. The molecule has 2 N–H and O–H groups in total. The van der Waals surface area contributed by atoms with E-state index in [1.807, 2.05) is 47.5 Å². The van der Waals surface area contributed by atoms with Gasteiger partial charge in [-0.05, 0) is 48.6 Å². The van der Waals surface area contributed by atoms with Crippen molar-refractivity contribution in [1.82, 2.24) is 24.8 Å². The number of thiocarbonyl (C=S) groups is 1. The van der Waals surface area contributed by atoms with Crippen LogP contribution in [0.4, 0.5) is 0 Å². The number of aliphatic hydroxyl groups is 1. The summed E-state index contributed by atoms with van der Waals surface area (Å²) in [7, 11) is 0. The van der Waals surface area contributed by atoms with Crippen LogP contribution >= 0.6 is 12.2 Å². The van der Waals surface area contributed by atoms with Gasteiger partial charge in [-0.15, -0.1) is 0 Å². The highest BCUT2D eigenvalue weighted by molar-refractivity contribution is 7.80. The first-order valence-electron chi connectivity index (χ1n) is 8.46. The predicted octanol–water partition coefficient (Wildman–Crippen LogP) is 2.23. The lowest BCUT2D eigenvalue weighted by atomic mass is 10.0. The van der Waals surface area contributed by atoms with Crippen LogP contribution in [0.2, 0.25) is 0 Å². The summed E-state index contributed by atoms with van der Waals surface area (Å²) in [6, 6.07) is 13.7. The zero-order valence-corrected chi connectivity index (χ0v) is 14.9. The number of hydrogen-bond donors (Lipinski definition) is 2. The van der Waals surface area contributed by atoms with Crippen molar-refractivity contribution in [1.29, 1.82) is 0 Å². The van der Waals surface area contributed by atoms with Crippen molar-refractivity contribution >= 4 is 17.3 Å². The van der Waals surface area contributed by atoms with E-state index >= 15 is 0 Å². The van der Waals surface area contributed by atoms with Crippen LogP contribution in [0.15, 0.2) is 67.3 Å². The minimum atomic E-state index is -0.0919. The number of aromatic nitrogens is 3. The molecule has 3 aromatic heterocycles. The molecule has 0 aromatic carbocycles. The minimum Gasteiger partial charge on any atom is -0.395 e. The van der Waals surface area contributed by atoms with E-state index in [1.54, 1.807) is 18.6 Å². The summed E-state index contributed by atoms with van der Waals surface area (Å²) in [6.07, 6.45) is 7.36. The van der Waals surface area contributed by atoms with E-state index in [9.17, 15) is 5.11 Å². The molecule has 0 radical (unpaired) electrons. The fourth-order valence-electron chi connectivity index (χ4n) is 3.45. The molecule has 1 saturated heterocycles. The van der Waals surface area contributed by atoms with Gasteiger partial charge in [0.15, 0.2) is 5.11 Å². The predicted molar refractivity (Wildman–Crippen MR) is 103 cm³/mol. The quantitative estimate of drug-likeness (QED) is 0.676. The molecule has 0 amide bonds. The molecule has 4 rings (SSSR count). The van der Waals surface area contributed by atoms with E-state index in [0.29, 0.717) is 11.7 Å². The highest BCUT2D eigenvalue weighted by Gasteiger charge is 2.40. The third-order valence-corrected chi connectivity index (χ3v) is 4.92. The van der Waals surface area contributed by atoms with Crippen LogP contribution in [0.25, 0.3) is 5.69 Å². The van der Waals surface area contributed by atoms with Gasteiger partial charge in [-0.2, -0.15) is 0 Å². The van der Waals surface area contributed by atoms with E-state index in [-0.39, 0.29) is 18.7 Å². The van der Waals surface area contributed by atoms with Crippen molar-refractivity contribution in [2.45, 2.75) is 12.1 Å². The van der Waals surface area contributed by atoms with Crippen molar-refractivity contribution in [2.75, 3.05) is 13.2 Å². The maximum atomic E-state index is 9.54. The number of aliphatic hydroxyl groups excluding tert-OH is 1. The highest BCUT2D eigenvalue weighted by atomic mass is 32.1. The van der Waals surface area contributed by atoms with Gasteiger partial charge in [0.25, 0.3) is 0 Å². The lowest BCUT2D eigenvalue weighted by Crippen LogP contribution is -2.32. The Labute approximate surface area is 157 Å². The van der Waals surface area contributed by atoms with Crippen LogP contribution in [0.3, 0.4) is 0 Å². The summed E-state index contributed by atoms with van der Waals surface area (Å²) in [6.45, 7) is 0.491. The van der Waals surface area contributed by atoms with E-state index in [2.05, 4.69) is 25.9 Å². The Kier molecular flexibility index (Phi) is 4.64. The maximum absolute atomic E-state index is 9.54.